The molecule has 0 unspecified atom stereocenters. The normalized spacial score (nSPS) is 14.4. The lowest BCUT2D eigenvalue weighted by Crippen LogP contribution is -2.50. The summed E-state index contributed by atoms with van der Waals surface area (Å²) in [6, 6.07) is 21.7. The van der Waals surface area contributed by atoms with Crippen molar-refractivity contribution >= 4 is 40.6 Å². The SMILES string of the molecule is CC(C)(C)OC(=O)N1CCN(CCCOc2ccc(-c3nc4ccc(Sc5ccc(Cl)cc5)cc4o3)cc2)CC1. The molecule has 0 spiro atoms. The lowest BCUT2D eigenvalue weighted by atomic mass is 10.2. The van der Waals surface area contributed by atoms with Crippen LogP contribution < -0.4 is 4.74 Å². The molecule has 0 N–H and O–H groups in total. The number of benzene rings is 3. The van der Waals surface area contributed by atoms with Crippen LogP contribution in [0.3, 0.4) is 0 Å². The number of fused-ring (bicyclic) bond motifs is 1. The van der Waals surface area contributed by atoms with E-state index in [2.05, 4.69) is 9.88 Å². The molecule has 1 aliphatic heterocycles. The van der Waals surface area contributed by atoms with Crippen molar-refractivity contribution in [2.75, 3.05) is 39.3 Å². The maximum absolute atomic E-state index is 12.2. The molecule has 9 heteroatoms. The van der Waals surface area contributed by atoms with Crippen molar-refractivity contribution in [3.05, 3.63) is 71.8 Å². The number of amides is 1. The zero-order valence-electron chi connectivity index (χ0n) is 23.1. The van der Waals surface area contributed by atoms with Gasteiger partial charge in [0.05, 0.1) is 6.61 Å². The quantitative estimate of drug-likeness (QED) is 0.199. The van der Waals surface area contributed by atoms with E-state index in [4.69, 9.17) is 25.5 Å². The fourth-order valence-electron chi connectivity index (χ4n) is 4.38. The second kappa shape index (κ2) is 12.5. The smallest absolute Gasteiger partial charge is 0.410 e. The Morgan fingerprint density at radius 3 is 2.38 bits per heavy atom. The predicted molar refractivity (Wildman–Crippen MR) is 159 cm³/mol. The topological polar surface area (TPSA) is 68.0 Å². The number of hydrogen-bond donors (Lipinski definition) is 0. The summed E-state index contributed by atoms with van der Waals surface area (Å²) in [5.74, 6) is 1.40. The Bertz CT molecular complexity index is 1430. The predicted octanol–water partition coefficient (Wildman–Crippen LogP) is 7.62. The van der Waals surface area contributed by atoms with Crippen LogP contribution in [0.4, 0.5) is 4.79 Å². The van der Waals surface area contributed by atoms with E-state index in [1.807, 2.05) is 87.5 Å². The van der Waals surface area contributed by atoms with Gasteiger partial charge in [-0.1, -0.05) is 23.4 Å². The number of ether oxygens (including phenoxy) is 2. The van der Waals surface area contributed by atoms with Gasteiger partial charge in [0, 0.05) is 53.1 Å². The number of carbonyl (C=O) groups excluding carboxylic acids is 1. The second-order valence-electron chi connectivity index (χ2n) is 10.7. The summed E-state index contributed by atoms with van der Waals surface area (Å²) in [7, 11) is 0. The van der Waals surface area contributed by atoms with Crippen molar-refractivity contribution in [3.63, 3.8) is 0 Å². The van der Waals surface area contributed by atoms with E-state index in [1.165, 1.54) is 0 Å². The van der Waals surface area contributed by atoms with E-state index in [0.717, 1.165) is 63.3 Å². The van der Waals surface area contributed by atoms with Crippen LogP contribution in [-0.2, 0) is 4.74 Å². The van der Waals surface area contributed by atoms with Crippen molar-refractivity contribution < 1.29 is 18.7 Å². The summed E-state index contributed by atoms with van der Waals surface area (Å²) in [5.41, 5.74) is 2.01. The average Bonchev–Trinajstić information content (AvgIpc) is 3.36. The summed E-state index contributed by atoms with van der Waals surface area (Å²) in [6.07, 6.45) is 0.685. The van der Waals surface area contributed by atoms with Gasteiger partial charge in [0.25, 0.3) is 0 Å². The summed E-state index contributed by atoms with van der Waals surface area (Å²) in [4.78, 5) is 23.2. The Labute approximate surface area is 244 Å². The molecule has 1 amide bonds. The molecule has 5 rings (SSSR count). The van der Waals surface area contributed by atoms with Crippen LogP contribution in [0, 0.1) is 0 Å². The molecule has 0 atom stereocenters. The van der Waals surface area contributed by atoms with Gasteiger partial charge < -0.3 is 18.8 Å². The number of nitrogens with zero attached hydrogens (tertiary/aromatic N) is 3. The molecule has 1 aliphatic rings. The average molecular weight is 580 g/mol. The molecule has 1 aromatic heterocycles. The number of carbonyl (C=O) groups is 1. The summed E-state index contributed by atoms with van der Waals surface area (Å²) in [6.45, 7) is 10.3. The van der Waals surface area contributed by atoms with Crippen molar-refractivity contribution in [2.24, 2.45) is 0 Å². The third-order valence-corrected chi connectivity index (χ3v) is 7.67. The Morgan fingerprint density at radius 2 is 1.68 bits per heavy atom. The number of piperazine rings is 1. The van der Waals surface area contributed by atoms with E-state index in [9.17, 15) is 4.79 Å². The Hall–Kier alpha value is -3.20. The first-order valence-corrected chi connectivity index (χ1v) is 14.7. The number of hydrogen-bond acceptors (Lipinski definition) is 7. The molecule has 4 aromatic rings. The number of aromatic nitrogens is 1. The number of halogens is 1. The van der Waals surface area contributed by atoms with E-state index >= 15 is 0 Å². The van der Waals surface area contributed by atoms with Crippen LogP contribution in [0.5, 0.6) is 5.75 Å². The lowest BCUT2D eigenvalue weighted by molar-refractivity contribution is 0.0142. The first-order chi connectivity index (χ1) is 19.2. The molecule has 0 radical (unpaired) electrons. The summed E-state index contributed by atoms with van der Waals surface area (Å²) in [5, 5.41) is 0.725. The van der Waals surface area contributed by atoms with E-state index in [-0.39, 0.29) is 6.09 Å². The molecular formula is C31H34ClN3O4S. The molecule has 210 valence electrons. The molecule has 0 saturated carbocycles. The van der Waals surface area contributed by atoms with Gasteiger partial charge in [0.15, 0.2) is 5.58 Å². The summed E-state index contributed by atoms with van der Waals surface area (Å²) < 4.78 is 17.5. The molecule has 1 fully saturated rings. The van der Waals surface area contributed by atoms with Crippen molar-refractivity contribution in [2.45, 2.75) is 42.6 Å². The third kappa shape index (κ3) is 7.71. The minimum atomic E-state index is -0.464. The van der Waals surface area contributed by atoms with Gasteiger partial charge >= 0.3 is 6.09 Å². The second-order valence-corrected chi connectivity index (χ2v) is 12.3. The van der Waals surface area contributed by atoms with Gasteiger partial charge in [-0.25, -0.2) is 9.78 Å². The zero-order valence-corrected chi connectivity index (χ0v) is 24.6. The van der Waals surface area contributed by atoms with Crippen LogP contribution >= 0.6 is 23.4 Å². The molecule has 3 aromatic carbocycles. The van der Waals surface area contributed by atoms with Gasteiger partial charge in [-0.05, 0) is 93.9 Å². The molecule has 7 nitrogen and oxygen atoms in total. The van der Waals surface area contributed by atoms with Crippen LogP contribution in [-0.4, -0.2) is 65.8 Å². The first-order valence-electron chi connectivity index (χ1n) is 13.5. The minimum Gasteiger partial charge on any atom is -0.494 e. The van der Waals surface area contributed by atoms with Gasteiger partial charge in [-0.2, -0.15) is 0 Å². The molecule has 1 saturated heterocycles. The largest absolute Gasteiger partial charge is 0.494 e. The third-order valence-electron chi connectivity index (χ3n) is 6.42. The van der Waals surface area contributed by atoms with E-state index in [1.54, 1.807) is 16.7 Å². The minimum absolute atomic E-state index is 0.227. The van der Waals surface area contributed by atoms with E-state index in [0.29, 0.717) is 25.6 Å². The Kier molecular flexibility index (Phi) is 8.88. The van der Waals surface area contributed by atoms with Gasteiger partial charge in [-0.15, -0.1) is 0 Å². The Balaban J connectivity index is 1.07. The highest BCUT2D eigenvalue weighted by molar-refractivity contribution is 7.99. The van der Waals surface area contributed by atoms with Gasteiger partial charge in [0.2, 0.25) is 5.89 Å². The molecule has 0 aliphatic carbocycles. The zero-order chi connectivity index (χ0) is 28.1. The highest BCUT2D eigenvalue weighted by Crippen LogP contribution is 2.33. The molecule has 0 bridgehead atoms. The summed E-state index contributed by atoms with van der Waals surface area (Å²) >= 11 is 7.65. The molecule has 2 heterocycles. The van der Waals surface area contributed by atoms with Crippen LogP contribution in [0.1, 0.15) is 27.2 Å². The highest BCUT2D eigenvalue weighted by atomic mass is 35.5. The van der Waals surface area contributed by atoms with Crippen LogP contribution in [0.2, 0.25) is 5.02 Å². The van der Waals surface area contributed by atoms with Crippen LogP contribution in [0.15, 0.2) is 80.9 Å². The standard InChI is InChI=1S/C31H34ClN3O4S/c1-31(2,3)39-30(36)35-18-16-34(17-19-35)15-4-20-37-24-9-5-22(6-10-24)29-33-27-14-13-26(21-28(27)38-29)40-25-11-7-23(32)8-12-25/h5-14,21H,4,15-20H2,1-3H3. The number of oxazole rings is 1. The first kappa shape index (κ1) is 28.3. The van der Waals surface area contributed by atoms with Crippen molar-refractivity contribution in [1.82, 2.24) is 14.8 Å². The molecular weight excluding hydrogens is 546 g/mol. The maximum atomic E-state index is 12.2. The maximum Gasteiger partial charge on any atom is 0.410 e. The molecule has 40 heavy (non-hydrogen) atoms. The fourth-order valence-corrected chi connectivity index (χ4v) is 5.36. The van der Waals surface area contributed by atoms with Gasteiger partial charge in [-0.3, -0.25) is 4.90 Å². The highest BCUT2D eigenvalue weighted by Gasteiger charge is 2.25. The van der Waals surface area contributed by atoms with Crippen LogP contribution in [0.25, 0.3) is 22.6 Å². The monoisotopic (exact) mass is 579 g/mol. The van der Waals surface area contributed by atoms with Gasteiger partial charge in [0.1, 0.15) is 16.9 Å². The lowest BCUT2D eigenvalue weighted by Gasteiger charge is -2.35. The van der Waals surface area contributed by atoms with Crippen molar-refractivity contribution in [1.29, 1.82) is 0 Å². The Morgan fingerprint density at radius 1 is 0.975 bits per heavy atom. The fraction of sp³-hybridized carbons (Fsp3) is 0.355. The van der Waals surface area contributed by atoms with E-state index < -0.39 is 5.60 Å². The number of rotatable bonds is 8. The van der Waals surface area contributed by atoms with Crippen molar-refractivity contribution in [3.8, 4) is 17.2 Å².